The summed E-state index contributed by atoms with van der Waals surface area (Å²) >= 11 is 0. The zero-order valence-electron chi connectivity index (χ0n) is 12.1. The Morgan fingerprint density at radius 2 is 1.72 bits per heavy atom. The number of carbonyl (C=O) groups is 1. The Morgan fingerprint density at radius 3 is 2.11 bits per heavy atom. The van der Waals surface area contributed by atoms with Crippen LogP contribution in [0.15, 0.2) is 12.7 Å². The molecule has 0 aromatic carbocycles. The summed E-state index contributed by atoms with van der Waals surface area (Å²) in [7, 11) is 0.928. The van der Waals surface area contributed by atoms with Gasteiger partial charge in [-0.2, -0.15) is 0 Å². The first-order chi connectivity index (χ1) is 8.36. The molecule has 0 aliphatic rings. The highest BCUT2D eigenvalue weighted by Gasteiger charge is 2.21. The van der Waals surface area contributed by atoms with Gasteiger partial charge in [-0.1, -0.05) is 6.58 Å². The summed E-state index contributed by atoms with van der Waals surface area (Å²) in [6.07, 6.45) is 1.98. The summed E-state index contributed by atoms with van der Waals surface area (Å²) in [6.45, 7) is 11.7. The molecule has 0 radical (unpaired) electrons. The van der Waals surface area contributed by atoms with Gasteiger partial charge in [0.05, 0.1) is 18.8 Å². The summed E-state index contributed by atoms with van der Waals surface area (Å²) in [5.41, 5.74) is 0.299. The Bertz CT molecular complexity index is 243. The van der Waals surface area contributed by atoms with Crippen molar-refractivity contribution in [3.05, 3.63) is 12.7 Å². The molecule has 0 aliphatic carbocycles. The quantitative estimate of drug-likeness (QED) is 0.276. The van der Waals surface area contributed by atoms with Gasteiger partial charge in [0.15, 0.2) is 6.29 Å². The van der Waals surface area contributed by atoms with Crippen molar-refractivity contribution in [3.63, 3.8) is 0 Å². The molecule has 0 spiro atoms. The van der Waals surface area contributed by atoms with Crippen LogP contribution < -0.4 is 0 Å². The highest BCUT2D eigenvalue weighted by molar-refractivity contribution is 6.11. The molecule has 0 aromatic heterocycles. The Morgan fingerprint density at radius 1 is 1.22 bits per heavy atom. The minimum Gasteiger partial charge on any atom is -0.463 e. The maximum absolute atomic E-state index is 10.9. The monoisotopic (exact) mass is 274 g/mol. The molecule has 5 heteroatoms. The Kier molecular flexibility index (Phi) is 8.96. The average molecular weight is 274 g/mol. The molecule has 0 saturated carbocycles. The fourth-order valence-corrected chi connectivity index (χ4v) is 1.93. The van der Waals surface area contributed by atoms with Gasteiger partial charge in [-0.05, 0) is 39.7 Å². The van der Waals surface area contributed by atoms with E-state index >= 15 is 0 Å². The van der Waals surface area contributed by atoms with Gasteiger partial charge in [-0.3, -0.25) is 0 Å². The van der Waals surface area contributed by atoms with E-state index in [2.05, 4.69) is 6.58 Å². The Hall–Kier alpha value is -0.653. The van der Waals surface area contributed by atoms with Gasteiger partial charge in [-0.25, -0.2) is 4.79 Å². The van der Waals surface area contributed by atoms with E-state index < -0.39 is 0 Å². The zero-order chi connectivity index (χ0) is 14.1. The number of carbonyl (C=O) groups excluding carboxylic acids is 1. The molecule has 0 amide bonds. The van der Waals surface area contributed by atoms with Crippen molar-refractivity contribution < 1.29 is 19.0 Å². The summed E-state index contributed by atoms with van der Waals surface area (Å²) < 4.78 is 16.5. The highest BCUT2D eigenvalue weighted by atomic mass is 28.1. The van der Waals surface area contributed by atoms with Crippen molar-refractivity contribution in [3.8, 4) is 0 Å². The molecule has 0 heterocycles. The van der Waals surface area contributed by atoms with Gasteiger partial charge in [0, 0.05) is 16.3 Å². The molecule has 1 unspecified atom stereocenters. The van der Waals surface area contributed by atoms with Gasteiger partial charge < -0.3 is 14.2 Å². The van der Waals surface area contributed by atoms with Crippen LogP contribution in [0.1, 0.15) is 34.1 Å². The number of ether oxygens (including phenoxy) is 3. The molecular weight excluding hydrogens is 248 g/mol. The lowest BCUT2D eigenvalue weighted by atomic mass is 10.3. The van der Waals surface area contributed by atoms with Crippen LogP contribution in [0, 0.1) is 0 Å². The maximum atomic E-state index is 10.9. The van der Waals surface area contributed by atoms with Crippen LogP contribution in [-0.2, 0) is 19.0 Å². The summed E-state index contributed by atoms with van der Waals surface area (Å²) in [5, 5.41) is 0. The van der Waals surface area contributed by atoms with E-state index in [0.717, 1.165) is 16.7 Å². The van der Waals surface area contributed by atoms with E-state index in [-0.39, 0.29) is 24.5 Å². The van der Waals surface area contributed by atoms with Crippen LogP contribution >= 0.6 is 0 Å². The fourth-order valence-electron chi connectivity index (χ4n) is 1.38. The Balaban J connectivity index is 4.15. The minimum atomic E-state index is -0.380. The standard InChI is InChI=1S/C13H26O4Si/c1-6-12(14)15-8-7-11(18)13(16-9(2)3)17-10(4)5/h6,9-11,13H,1,7-8H2,2-5,18H3. The third-order valence-corrected chi connectivity index (χ3v) is 3.38. The van der Waals surface area contributed by atoms with Crippen molar-refractivity contribution in [2.75, 3.05) is 6.61 Å². The van der Waals surface area contributed by atoms with E-state index in [1.54, 1.807) is 0 Å². The molecule has 4 nitrogen and oxygen atoms in total. The van der Waals surface area contributed by atoms with Crippen LogP contribution in [0.2, 0.25) is 5.54 Å². The highest BCUT2D eigenvalue weighted by Crippen LogP contribution is 2.20. The molecule has 18 heavy (non-hydrogen) atoms. The second-order valence-electron chi connectivity index (χ2n) is 4.88. The van der Waals surface area contributed by atoms with Crippen molar-refractivity contribution >= 4 is 16.2 Å². The van der Waals surface area contributed by atoms with Gasteiger partial charge >= 0.3 is 5.97 Å². The fraction of sp³-hybridized carbons (Fsp3) is 0.769. The zero-order valence-corrected chi connectivity index (χ0v) is 14.1. The lowest BCUT2D eigenvalue weighted by Gasteiger charge is -2.28. The van der Waals surface area contributed by atoms with Crippen LogP contribution in [0.25, 0.3) is 0 Å². The first-order valence-corrected chi connectivity index (χ1v) is 7.62. The van der Waals surface area contributed by atoms with E-state index in [1.807, 2.05) is 27.7 Å². The molecule has 0 fully saturated rings. The predicted octanol–water partition coefficient (Wildman–Crippen LogP) is 1.44. The van der Waals surface area contributed by atoms with Gasteiger partial charge in [0.1, 0.15) is 0 Å². The van der Waals surface area contributed by atoms with Gasteiger partial charge in [0.25, 0.3) is 0 Å². The largest absolute Gasteiger partial charge is 0.463 e. The molecule has 0 rings (SSSR count). The molecule has 106 valence electrons. The first-order valence-electron chi connectivity index (χ1n) is 6.46. The summed E-state index contributed by atoms with van der Waals surface area (Å²) in [4.78, 5) is 10.9. The lowest BCUT2D eigenvalue weighted by Crippen LogP contribution is -2.30. The predicted molar refractivity (Wildman–Crippen MR) is 75.7 cm³/mol. The number of hydrogen-bond donors (Lipinski definition) is 0. The van der Waals surface area contributed by atoms with Gasteiger partial charge in [-0.15, -0.1) is 0 Å². The first kappa shape index (κ1) is 17.3. The van der Waals surface area contributed by atoms with Crippen molar-refractivity contribution in [1.82, 2.24) is 0 Å². The van der Waals surface area contributed by atoms with Crippen molar-refractivity contribution in [1.29, 1.82) is 0 Å². The Labute approximate surface area is 113 Å². The summed E-state index contributed by atoms with van der Waals surface area (Å²) in [5.74, 6) is -0.380. The normalized spacial score (nSPS) is 13.3. The molecular formula is C13H26O4Si. The summed E-state index contributed by atoms with van der Waals surface area (Å²) in [6, 6.07) is 0. The van der Waals surface area contributed by atoms with Gasteiger partial charge in [0.2, 0.25) is 0 Å². The maximum Gasteiger partial charge on any atom is 0.330 e. The minimum absolute atomic E-state index is 0.126. The SMILES string of the molecule is C=CC(=O)OCCC([SiH3])C(OC(C)C)OC(C)C. The third-order valence-electron chi connectivity index (χ3n) is 2.26. The number of rotatable bonds is 9. The molecule has 0 saturated heterocycles. The molecule has 0 N–H and O–H groups in total. The lowest BCUT2D eigenvalue weighted by molar-refractivity contribution is -0.184. The second-order valence-corrected chi connectivity index (χ2v) is 6.36. The molecule has 1 atom stereocenters. The van der Waals surface area contributed by atoms with E-state index in [1.165, 1.54) is 6.08 Å². The van der Waals surface area contributed by atoms with Crippen molar-refractivity contribution in [2.45, 2.75) is 58.2 Å². The van der Waals surface area contributed by atoms with Crippen LogP contribution in [-0.4, -0.2) is 41.3 Å². The molecule has 0 aromatic rings. The second kappa shape index (κ2) is 9.30. The van der Waals surface area contributed by atoms with E-state index in [0.29, 0.717) is 12.1 Å². The van der Waals surface area contributed by atoms with E-state index in [9.17, 15) is 4.79 Å². The van der Waals surface area contributed by atoms with Crippen molar-refractivity contribution in [2.24, 2.45) is 0 Å². The smallest absolute Gasteiger partial charge is 0.330 e. The average Bonchev–Trinajstić information content (AvgIpc) is 2.26. The van der Waals surface area contributed by atoms with Crippen LogP contribution in [0.3, 0.4) is 0 Å². The molecule has 0 bridgehead atoms. The molecule has 0 aliphatic heterocycles. The number of hydrogen-bond acceptors (Lipinski definition) is 4. The van der Waals surface area contributed by atoms with Crippen LogP contribution in [0.5, 0.6) is 0 Å². The number of esters is 1. The van der Waals surface area contributed by atoms with E-state index in [4.69, 9.17) is 14.2 Å². The van der Waals surface area contributed by atoms with Crippen LogP contribution in [0.4, 0.5) is 0 Å². The third kappa shape index (κ3) is 8.44. The topological polar surface area (TPSA) is 44.8 Å².